The molecule has 0 N–H and O–H groups in total. The Morgan fingerprint density at radius 3 is 2.60 bits per heavy atom. The maximum atomic E-state index is 13.2. The number of hydrogen-bond donors (Lipinski definition) is 0. The molecule has 76 valence electrons. The lowest BCUT2D eigenvalue weighted by Gasteiger charge is -2.02. The van der Waals surface area contributed by atoms with E-state index in [1.165, 1.54) is 6.08 Å². The van der Waals surface area contributed by atoms with Crippen molar-refractivity contribution in [2.45, 2.75) is 6.92 Å². The van der Waals surface area contributed by atoms with Gasteiger partial charge in [-0.3, -0.25) is 0 Å². The fourth-order valence-corrected chi connectivity index (χ4v) is 1.37. The van der Waals surface area contributed by atoms with Crippen molar-refractivity contribution in [3.8, 4) is 5.69 Å². The van der Waals surface area contributed by atoms with Crippen molar-refractivity contribution < 1.29 is 4.39 Å². The van der Waals surface area contributed by atoms with E-state index in [0.29, 0.717) is 5.56 Å². The molecule has 15 heavy (non-hydrogen) atoms. The van der Waals surface area contributed by atoms with Crippen molar-refractivity contribution in [2.75, 3.05) is 0 Å². The van der Waals surface area contributed by atoms with E-state index in [9.17, 15) is 4.39 Å². The Morgan fingerprint density at radius 1 is 1.33 bits per heavy atom. The summed E-state index contributed by atoms with van der Waals surface area (Å²) >= 11 is 0. The second-order valence-electron chi connectivity index (χ2n) is 3.15. The highest BCUT2D eigenvalue weighted by molar-refractivity contribution is 5.59. The topological polar surface area (TPSA) is 17.8 Å². The molecule has 0 fully saturated rings. The molecule has 0 unspecified atom stereocenters. The molecule has 2 nitrogen and oxygen atoms in total. The number of benzene rings is 1. The fraction of sp³-hybridized carbons (Fsp3) is 0.0833. The molecule has 0 atom stereocenters. The third-order valence-electron chi connectivity index (χ3n) is 2.20. The lowest BCUT2D eigenvalue weighted by atomic mass is 10.2. The van der Waals surface area contributed by atoms with E-state index in [1.54, 1.807) is 31.6 Å². The van der Waals surface area contributed by atoms with Crippen LogP contribution in [0.25, 0.3) is 11.5 Å². The lowest BCUT2D eigenvalue weighted by Crippen LogP contribution is -1.89. The first-order chi connectivity index (χ1) is 7.31. The Balaban J connectivity index is 2.33. The molecule has 2 aromatic rings. The standard InChI is InChI=1S/C12H11FN2/c1-2-12(13)10-3-5-11(6-4-10)15-8-7-14-9-15/h2-9H,1H3/b12-2+. The van der Waals surface area contributed by atoms with Gasteiger partial charge in [-0.2, -0.15) is 0 Å². The van der Waals surface area contributed by atoms with E-state index in [0.717, 1.165) is 5.69 Å². The molecule has 3 heteroatoms. The zero-order valence-electron chi connectivity index (χ0n) is 8.39. The van der Waals surface area contributed by atoms with Gasteiger partial charge in [0, 0.05) is 23.6 Å². The molecule has 0 aliphatic carbocycles. The van der Waals surface area contributed by atoms with Crippen molar-refractivity contribution in [1.82, 2.24) is 9.55 Å². The third-order valence-corrected chi connectivity index (χ3v) is 2.20. The average molecular weight is 202 g/mol. The van der Waals surface area contributed by atoms with Crippen LogP contribution in [0.4, 0.5) is 4.39 Å². The smallest absolute Gasteiger partial charge is 0.126 e. The minimum Gasteiger partial charge on any atom is -0.306 e. The highest BCUT2D eigenvalue weighted by Crippen LogP contribution is 2.17. The van der Waals surface area contributed by atoms with Gasteiger partial charge in [0.2, 0.25) is 0 Å². The summed E-state index contributed by atoms with van der Waals surface area (Å²) in [6, 6.07) is 7.23. The van der Waals surface area contributed by atoms with Gasteiger partial charge >= 0.3 is 0 Å². The molecule has 0 saturated heterocycles. The van der Waals surface area contributed by atoms with Gasteiger partial charge in [-0.15, -0.1) is 0 Å². The molecule has 1 heterocycles. The van der Waals surface area contributed by atoms with Crippen molar-refractivity contribution in [3.05, 3.63) is 54.6 Å². The molecule has 0 bridgehead atoms. The van der Waals surface area contributed by atoms with Gasteiger partial charge < -0.3 is 4.57 Å². The molecule has 2 rings (SSSR count). The summed E-state index contributed by atoms with van der Waals surface area (Å²) in [5, 5.41) is 0. The first kappa shape index (κ1) is 9.65. The van der Waals surface area contributed by atoms with Crippen LogP contribution >= 0.6 is 0 Å². The monoisotopic (exact) mass is 202 g/mol. The van der Waals surface area contributed by atoms with Crippen LogP contribution in [0.1, 0.15) is 12.5 Å². The number of halogens is 1. The average Bonchev–Trinajstić information content (AvgIpc) is 2.82. The van der Waals surface area contributed by atoms with Gasteiger partial charge in [0.05, 0.1) is 6.33 Å². The molecular formula is C12H11FN2. The first-order valence-corrected chi connectivity index (χ1v) is 4.72. The molecule has 0 aliphatic rings. The Bertz CT molecular complexity index is 455. The maximum absolute atomic E-state index is 13.2. The second kappa shape index (κ2) is 4.09. The van der Waals surface area contributed by atoms with Crippen molar-refractivity contribution in [3.63, 3.8) is 0 Å². The quantitative estimate of drug-likeness (QED) is 0.731. The molecule has 1 aromatic carbocycles. The molecule has 0 radical (unpaired) electrons. The van der Waals surface area contributed by atoms with Crippen LogP contribution in [0.5, 0.6) is 0 Å². The lowest BCUT2D eigenvalue weighted by molar-refractivity contribution is 0.758. The number of aromatic nitrogens is 2. The number of hydrogen-bond acceptors (Lipinski definition) is 1. The van der Waals surface area contributed by atoms with Crippen LogP contribution in [-0.4, -0.2) is 9.55 Å². The zero-order valence-corrected chi connectivity index (χ0v) is 8.39. The van der Waals surface area contributed by atoms with Gasteiger partial charge in [0.25, 0.3) is 0 Å². The number of imidazole rings is 1. The summed E-state index contributed by atoms with van der Waals surface area (Å²) in [5.41, 5.74) is 1.57. The Morgan fingerprint density at radius 2 is 2.07 bits per heavy atom. The predicted octanol–water partition coefficient (Wildman–Crippen LogP) is 3.20. The molecular weight excluding hydrogens is 191 g/mol. The van der Waals surface area contributed by atoms with Gasteiger partial charge in [-0.1, -0.05) is 6.08 Å². The van der Waals surface area contributed by atoms with Crippen molar-refractivity contribution in [2.24, 2.45) is 0 Å². The molecule has 0 aliphatic heterocycles. The fourth-order valence-electron chi connectivity index (χ4n) is 1.37. The van der Waals surface area contributed by atoms with Crippen LogP contribution in [0.2, 0.25) is 0 Å². The summed E-state index contributed by atoms with van der Waals surface area (Å²) in [6.07, 6.45) is 6.72. The summed E-state index contributed by atoms with van der Waals surface area (Å²) in [5.74, 6) is -0.202. The van der Waals surface area contributed by atoms with E-state index < -0.39 is 0 Å². The van der Waals surface area contributed by atoms with Crippen LogP contribution < -0.4 is 0 Å². The molecule has 0 spiro atoms. The van der Waals surface area contributed by atoms with E-state index in [2.05, 4.69) is 4.98 Å². The minimum atomic E-state index is -0.202. The summed E-state index contributed by atoms with van der Waals surface area (Å²) in [7, 11) is 0. The zero-order chi connectivity index (χ0) is 10.7. The first-order valence-electron chi connectivity index (χ1n) is 4.72. The molecule has 1 aromatic heterocycles. The van der Waals surface area contributed by atoms with Gasteiger partial charge in [-0.05, 0) is 31.2 Å². The third kappa shape index (κ3) is 1.96. The largest absolute Gasteiger partial charge is 0.306 e. The van der Waals surface area contributed by atoms with Gasteiger partial charge in [0.15, 0.2) is 0 Å². The normalized spacial score (nSPS) is 11.7. The number of nitrogens with zero attached hydrogens (tertiary/aromatic N) is 2. The number of allylic oxidation sites excluding steroid dienone is 1. The molecule has 0 amide bonds. The summed E-state index contributed by atoms with van der Waals surface area (Å²) < 4.78 is 15.1. The van der Waals surface area contributed by atoms with E-state index >= 15 is 0 Å². The highest BCUT2D eigenvalue weighted by atomic mass is 19.1. The van der Waals surface area contributed by atoms with E-state index in [4.69, 9.17) is 0 Å². The Labute approximate surface area is 87.7 Å². The Hall–Kier alpha value is -1.90. The van der Waals surface area contributed by atoms with E-state index in [1.807, 2.05) is 22.9 Å². The SMILES string of the molecule is C/C=C(/F)c1ccc(-n2ccnc2)cc1. The maximum Gasteiger partial charge on any atom is 0.126 e. The van der Waals surface area contributed by atoms with Crippen LogP contribution in [0.15, 0.2) is 49.1 Å². The van der Waals surface area contributed by atoms with Crippen LogP contribution in [0, 0.1) is 0 Å². The van der Waals surface area contributed by atoms with Crippen molar-refractivity contribution in [1.29, 1.82) is 0 Å². The number of rotatable bonds is 2. The van der Waals surface area contributed by atoms with Gasteiger partial charge in [-0.25, -0.2) is 9.37 Å². The van der Waals surface area contributed by atoms with Crippen LogP contribution in [0.3, 0.4) is 0 Å². The molecule has 0 saturated carbocycles. The Kier molecular flexibility index (Phi) is 2.63. The predicted molar refractivity (Wildman–Crippen MR) is 58.3 cm³/mol. The van der Waals surface area contributed by atoms with E-state index in [-0.39, 0.29) is 5.83 Å². The second-order valence-corrected chi connectivity index (χ2v) is 3.15. The summed E-state index contributed by atoms with van der Waals surface area (Å²) in [4.78, 5) is 3.95. The highest BCUT2D eigenvalue weighted by Gasteiger charge is 1.99. The van der Waals surface area contributed by atoms with Crippen LogP contribution in [-0.2, 0) is 0 Å². The van der Waals surface area contributed by atoms with Crippen molar-refractivity contribution >= 4 is 5.83 Å². The minimum absolute atomic E-state index is 0.202. The summed E-state index contributed by atoms with van der Waals surface area (Å²) in [6.45, 7) is 1.68. The van der Waals surface area contributed by atoms with Gasteiger partial charge in [0.1, 0.15) is 5.83 Å².